The van der Waals surface area contributed by atoms with E-state index in [0.29, 0.717) is 11.9 Å². The molecule has 21 heavy (non-hydrogen) atoms. The summed E-state index contributed by atoms with van der Waals surface area (Å²) in [5.74, 6) is 0.976. The molecule has 0 spiro atoms. The number of nitrogen functional groups attached to an aromatic ring is 1. The fourth-order valence-electron chi connectivity index (χ4n) is 2.22. The Bertz CT molecular complexity index is 578. The van der Waals surface area contributed by atoms with E-state index < -0.39 is 0 Å². The van der Waals surface area contributed by atoms with Gasteiger partial charge in [-0.2, -0.15) is 24.7 Å². The zero-order valence-corrected chi connectivity index (χ0v) is 12.0. The first kappa shape index (κ1) is 13.7. The van der Waals surface area contributed by atoms with E-state index in [4.69, 9.17) is 5.73 Å². The zero-order chi connectivity index (χ0) is 14.7. The molecule has 2 heterocycles. The summed E-state index contributed by atoms with van der Waals surface area (Å²) in [6.07, 6.45) is 5.55. The second-order valence-corrected chi connectivity index (χ2v) is 4.94. The minimum absolute atomic E-state index is 0.160. The number of nitrogens with one attached hydrogen (secondary N) is 1. The van der Waals surface area contributed by atoms with E-state index in [1.807, 2.05) is 0 Å². The predicted octanol–water partition coefficient (Wildman–Crippen LogP) is -0.0693. The first-order valence-corrected chi connectivity index (χ1v) is 7.10. The minimum Gasteiger partial charge on any atom is -0.368 e. The Balaban J connectivity index is 1.62. The molecule has 2 aromatic rings. The maximum Gasteiger partial charge on any atom is 0.258 e. The Hall–Kier alpha value is -2.29. The molecule has 9 nitrogen and oxygen atoms in total. The number of anilines is 2. The van der Waals surface area contributed by atoms with E-state index in [1.165, 1.54) is 30.2 Å². The van der Waals surface area contributed by atoms with E-state index >= 15 is 0 Å². The van der Waals surface area contributed by atoms with Crippen LogP contribution in [-0.4, -0.2) is 60.3 Å². The van der Waals surface area contributed by atoms with Crippen LogP contribution in [0.15, 0.2) is 12.7 Å². The molecule has 1 fully saturated rings. The minimum atomic E-state index is 0.160. The van der Waals surface area contributed by atoms with Gasteiger partial charge in [0, 0.05) is 19.1 Å². The van der Waals surface area contributed by atoms with Crippen molar-refractivity contribution in [1.29, 1.82) is 0 Å². The van der Waals surface area contributed by atoms with Gasteiger partial charge in [-0.15, -0.1) is 0 Å². The molecular weight excluding hydrogens is 270 g/mol. The van der Waals surface area contributed by atoms with Crippen LogP contribution in [0.5, 0.6) is 0 Å². The van der Waals surface area contributed by atoms with Gasteiger partial charge in [-0.3, -0.25) is 4.90 Å². The summed E-state index contributed by atoms with van der Waals surface area (Å²) >= 11 is 0. The lowest BCUT2D eigenvalue weighted by atomic mass is 10.4. The quantitative estimate of drug-likeness (QED) is 0.728. The molecule has 0 amide bonds. The highest BCUT2D eigenvalue weighted by Gasteiger charge is 2.27. The van der Waals surface area contributed by atoms with Crippen molar-refractivity contribution in [2.75, 3.05) is 30.7 Å². The second-order valence-electron chi connectivity index (χ2n) is 4.94. The number of hydrogen-bond donors (Lipinski definition) is 2. The molecule has 0 radical (unpaired) electrons. The molecule has 0 unspecified atom stereocenters. The van der Waals surface area contributed by atoms with E-state index in [9.17, 15) is 0 Å². The fraction of sp³-hybridized carbons (Fsp3) is 0.583. The largest absolute Gasteiger partial charge is 0.368 e. The van der Waals surface area contributed by atoms with Crippen LogP contribution in [0.2, 0.25) is 0 Å². The lowest BCUT2D eigenvalue weighted by molar-refractivity contribution is 0.289. The van der Waals surface area contributed by atoms with Crippen LogP contribution in [-0.2, 0) is 0 Å². The van der Waals surface area contributed by atoms with Crippen molar-refractivity contribution in [3.05, 3.63) is 12.7 Å². The topological polar surface area (TPSA) is 111 Å². The summed E-state index contributed by atoms with van der Waals surface area (Å²) in [6, 6.07) is 0.755. The van der Waals surface area contributed by atoms with E-state index in [1.54, 1.807) is 0 Å². The van der Waals surface area contributed by atoms with Crippen molar-refractivity contribution in [2.45, 2.75) is 25.8 Å². The first-order valence-electron chi connectivity index (χ1n) is 7.10. The summed E-state index contributed by atoms with van der Waals surface area (Å²) in [4.78, 5) is 18.7. The van der Waals surface area contributed by atoms with Crippen molar-refractivity contribution < 1.29 is 0 Å². The van der Waals surface area contributed by atoms with Crippen LogP contribution in [0, 0.1) is 0 Å². The number of nitrogens with two attached hydrogens (primary N) is 1. The number of hydrogen-bond acceptors (Lipinski definition) is 8. The van der Waals surface area contributed by atoms with E-state index in [-0.39, 0.29) is 5.95 Å². The van der Waals surface area contributed by atoms with Crippen LogP contribution in [0.1, 0.15) is 19.8 Å². The predicted molar refractivity (Wildman–Crippen MR) is 77.9 cm³/mol. The lowest BCUT2D eigenvalue weighted by Gasteiger charge is -2.19. The third kappa shape index (κ3) is 3.43. The summed E-state index contributed by atoms with van der Waals surface area (Å²) in [5, 5.41) is 7.17. The first-order chi connectivity index (χ1) is 10.3. The molecule has 3 N–H and O–H groups in total. The highest BCUT2D eigenvalue weighted by Crippen LogP contribution is 2.25. The number of aromatic nitrogens is 6. The molecule has 1 aliphatic rings. The van der Waals surface area contributed by atoms with Gasteiger partial charge in [0.2, 0.25) is 11.9 Å². The SMILES string of the molecule is CCN(CCNc1nc(N)nc(-n2cncn2)n1)C1CC1. The average molecular weight is 289 g/mol. The molecular formula is C12H19N9. The van der Waals surface area contributed by atoms with Crippen molar-refractivity contribution >= 4 is 11.9 Å². The molecule has 2 aromatic heterocycles. The molecule has 1 saturated carbocycles. The molecule has 0 aromatic carbocycles. The smallest absolute Gasteiger partial charge is 0.258 e. The van der Waals surface area contributed by atoms with E-state index in [2.05, 4.69) is 42.2 Å². The van der Waals surface area contributed by atoms with Crippen LogP contribution >= 0.6 is 0 Å². The normalized spacial score (nSPS) is 14.6. The maximum atomic E-state index is 5.71. The molecule has 0 atom stereocenters. The molecule has 1 aliphatic carbocycles. The van der Waals surface area contributed by atoms with Gasteiger partial charge in [0.25, 0.3) is 5.95 Å². The monoisotopic (exact) mass is 289 g/mol. The Kier molecular flexibility index (Phi) is 3.91. The van der Waals surface area contributed by atoms with Gasteiger partial charge in [-0.1, -0.05) is 6.92 Å². The van der Waals surface area contributed by atoms with Gasteiger partial charge in [-0.25, -0.2) is 4.98 Å². The van der Waals surface area contributed by atoms with Crippen LogP contribution < -0.4 is 11.1 Å². The highest BCUT2D eigenvalue weighted by molar-refractivity contribution is 5.34. The Morgan fingerprint density at radius 2 is 2.24 bits per heavy atom. The molecule has 0 saturated heterocycles. The lowest BCUT2D eigenvalue weighted by Crippen LogP contribution is -2.31. The Morgan fingerprint density at radius 1 is 1.38 bits per heavy atom. The fourth-order valence-corrected chi connectivity index (χ4v) is 2.22. The van der Waals surface area contributed by atoms with Gasteiger partial charge in [0.05, 0.1) is 0 Å². The molecule has 112 valence electrons. The Labute approximate surface area is 122 Å². The van der Waals surface area contributed by atoms with Crippen molar-refractivity contribution in [3.8, 4) is 5.95 Å². The number of rotatable bonds is 7. The third-order valence-electron chi connectivity index (χ3n) is 3.42. The summed E-state index contributed by atoms with van der Waals surface area (Å²) in [7, 11) is 0. The summed E-state index contributed by atoms with van der Waals surface area (Å²) < 4.78 is 1.45. The van der Waals surface area contributed by atoms with Crippen molar-refractivity contribution in [1.82, 2.24) is 34.6 Å². The van der Waals surface area contributed by atoms with Crippen LogP contribution in [0.3, 0.4) is 0 Å². The second kappa shape index (κ2) is 6.00. The highest BCUT2D eigenvalue weighted by atomic mass is 15.4. The summed E-state index contributed by atoms with van der Waals surface area (Å²) in [5.41, 5.74) is 5.71. The van der Waals surface area contributed by atoms with Crippen LogP contribution in [0.4, 0.5) is 11.9 Å². The molecule has 9 heteroatoms. The van der Waals surface area contributed by atoms with Crippen molar-refractivity contribution in [2.24, 2.45) is 0 Å². The molecule has 0 bridgehead atoms. The van der Waals surface area contributed by atoms with Gasteiger partial charge in [0.1, 0.15) is 12.7 Å². The maximum absolute atomic E-state index is 5.71. The van der Waals surface area contributed by atoms with Crippen molar-refractivity contribution in [3.63, 3.8) is 0 Å². The standard InChI is InChI=1S/C12H19N9/c1-2-20(9-3-4-9)6-5-15-11-17-10(13)18-12(19-11)21-8-14-7-16-21/h7-9H,2-6H2,1H3,(H3,13,15,17,18,19). The summed E-state index contributed by atoms with van der Waals surface area (Å²) in [6.45, 7) is 4.98. The van der Waals surface area contributed by atoms with Gasteiger partial charge in [-0.05, 0) is 19.4 Å². The zero-order valence-electron chi connectivity index (χ0n) is 12.0. The number of nitrogens with zero attached hydrogens (tertiary/aromatic N) is 7. The molecule has 0 aliphatic heterocycles. The van der Waals surface area contributed by atoms with Gasteiger partial charge < -0.3 is 11.1 Å². The molecule has 3 rings (SSSR count). The third-order valence-corrected chi connectivity index (χ3v) is 3.42. The Morgan fingerprint density at radius 3 is 2.90 bits per heavy atom. The van der Waals surface area contributed by atoms with Gasteiger partial charge >= 0.3 is 0 Å². The average Bonchev–Trinajstić information content (AvgIpc) is 3.16. The van der Waals surface area contributed by atoms with E-state index in [0.717, 1.165) is 25.7 Å². The van der Waals surface area contributed by atoms with Crippen LogP contribution in [0.25, 0.3) is 5.95 Å². The number of likely N-dealkylation sites (N-methyl/N-ethyl adjacent to an activating group) is 1. The van der Waals surface area contributed by atoms with Gasteiger partial charge in [0.15, 0.2) is 0 Å².